The van der Waals surface area contributed by atoms with Gasteiger partial charge < -0.3 is 4.74 Å². The summed E-state index contributed by atoms with van der Waals surface area (Å²) in [4.78, 5) is 11.1. The molecule has 1 aliphatic rings. The largest absolute Gasteiger partial charge is 0.449 e. The maximum absolute atomic E-state index is 11.1. The smallest absolute Gasteiger partial charge is 0.425 e. The summed E-state index contributed by atoms with van der Waals surface area (Å²) < 4.78 is 4.79. The third-order valence-corrected chi connectivity index (χ3v) is 1.38. The Balaban J connectivity index is 0.00000144. The van der Waals surface area contributed by atoms with Gasteiger partial charge in [-0.3, -0.25) is 0 Å². The van der Waals surface area contributed by atoms with Crippen LogP contribution >= 0.6 is 12.4 Å². The van der Waals surface area contributed by atoms with Crippen molar-refractivity contribution < 1.29 is 9.53 Å². The first-order chi connectivity index (χ1) is 5.84. The maximum Gasteiger partial charge on any atom is 0.425 e. The van der Waals surface area contributed by atoms with Crippen LogP contribution in [-0.2, 0) is 4.74 Å². The monoisotopic (exact) mass is 207 g/mol. The zero-order chi connectivity index (χ0) is 8.81. The number of halogens is 1. The highest BCUT2D eigenvalue weighted by atomic mass is 35.5. The van der Waals surface area contributed by atoms with Gasteiger partial charge in [-0.05, 0) is 6.92 Å². The van der Waals surface area contributed by atoms with Crippen molar-refractivity contribution in [1.29, 1.82) is 0 Å². The van der Waals surface area contributed by atoms with Gasteiger partial charge in [-0.1, -0.05) is 12.2 Å². The average Bonchev–Trinajstić information content (AvgIpc) is 2.32. The number of rotatable bonds is 1. The lowest BCUT2D eigenvalue weighted by Gasteiger charge is -2.19. The third kappa shape index (κ3) is 4.12. The molecule has 0 saturated heterocycles. The lowest BCUT2D eigenvalue weighted by Crippen LogP contribution is -2.49. The van der Waals surface area contributed by atoms with E-state index in [2.05, 4.69) is 11.0 Å². The van der Waals surface area contributed by atoms with E-state index in [1.54, 1.807) is 6.92 Å². The number of nitrogens with zero attached hydrogens (tertiary/aromatic N) is 1. The van der Waals surface area contributed by atoms with Crippen LogP contribution in [0.4, 0.5) is 4.79 Å². The van der Waals surface area contributed by atoms with Crippen LogP contribution in [0.2, 0.25) is 0 Å². The Morgan fingerprint density at radius 3 is 3.08 bits per heavy atom. The number of amides is 1. The van der Waals surface area contributed by atoms with Gasteiger partial charge in [0.2, 0.25) is 0 Å². The highest BCUT2D eigenvalue weighted by Crippen LogP contribution is 1.91. The van der Waals surface area contributed by atoms with Crippen molar-refractivity contribution in [3.63, 3.8) is 0 Å². The highest BCUT2D eigenvalue weighted by molar-refractivity contribution is 5.85. The Morgan fingerprint density at radius 1 is 1.62 bits per heavy atom. The van der Waals surface area contributed by atoms with E-state index in [9.17, 15) is 4.79 Å². The molecule has 0 aromatic carbocycles. The molecule has 0 aromatic heterocycles. The summed E-state index contributed by atoms with van der Waals surface area (Å²) in [5, 5.41) is 1.37. The van der Waals surface area contributed by atoms with Gasteiger partial charge >= 0.3 is 6.09 Å². The molecule has 0 radical (unpaired) electrons. The average molecular weight is 208 g/mol. The van der Waals surface area contributed by atoms with Crippen molar-refractivity contribution in [3.05, 3.63) is 12.2 Å². The topological polar surface area (TPSA) is 53.6 Å². The fourth-order valence-electron chi connectivity index (χ4n) is 0.830. The molecule has 13 heavy (non-hydrogen) atoms. The number of nitrogens with one attached hydrogen (secondary N) is 2. The molecule has 1 rings (SSSR count). The quantitative estimate of drug-likeness (QED) is 0.613. The maximum atomic E-state index is 11.1. The van der Waals surface area contributed by atoms with Crippen LogP contribution in [0.15, 0.2) is 12.2 Å². The van der Waals surface area contributed by atoms with Gasteiger partial charge in [0.25, 0.3) is 0 Å². The van der Waals surface area contributed by atoms with Gasteiger partial charge in [0.15, 0.2) is 0 Å². The summed E-state index contributed by atoms with van der Waals surface area (Å²) in [6.45, 7) is 3.39. The minimum Gasteiger partial charge on any atom is -0.449 e. The fraction of sp³-hybridized carbons (Fsp3) is 0.571. The molecule has 1 amide bonds. The van der Waals surface area contributed by atoms with Crippen molar-refractivity contribution in [3.8, 4) is 0 Å². The minimum atomic E-state index is -0.364. The Kier molecular flexibility index (Phi) is 6.30. The number of hydrogen-bond donors (Lipinski definition) is 2. The molecule has 6 heteroatoms. The molecule has 0 unspecified atom stereocenters. The molecule has 0 aliphatic carbocycles. The molecule has 2 N–H and O–H groups in total. The Bertz CT molecular complexity index is 187. The predicted octanol–water partition coefficient (Wildman–Crippen LogP) is 0.446. The lowest BCUT2D eigenvalue weighted by molar-refractivity contribution is 0.0848. The highest BCUT2D eigenvalue weighted by Gasteiger charge is 2.12. The second-order valence-corrected chi connectivity index (χ2v) is 2.27. The number of hydrogen-bond acceptors (Lipinski definition) is 4. The number of carbonyl (C=O) groups is 1. The lowest BCUT2D eigenvalue weighted by atomic mass is 10.5. The van der Waals surface area contributed by atoms with E-state index >= 15 is 0 Å². The van der Waals surface area contributed by atoms with E-state index in [1.165, 1.54) is 5.01 Å². The molecule has 76 valence electrons. The van der Waals surface area contributed by atoms with Crippen LogP contribution in [0.1, 0.15) is 6.92 Å². The van der Waals surface area contributed by atoms with Crippen LogP contribution in [0, 0.1) is 0 Å². The summed E-state index contributed by atoms with van der Waals surface area (Å²) >= 11 is 0. The molecule has 1 heterocycles. The van der Waals surface area contributed by atoms with Crippen LogP contribution in [0.25, 0.3) is 0 Å². The molecule has 5 nitrogen and oxygen atoms in total. The van der Waals surface area contributed by atoms with E-state index in [0.29, 0.717) is 19.7 Å². The van der Waals surface area contributed by atoms with Crippen LogP contribution < -0.4 is 11.0 Å². The zero-order valence-electron chi connectivity index (χ0n) is 7.45. The first-order valence-corrected chi connectivity index (χ1v) is 3.92. The SMILES string of the molecule is CCOC(=O)N1CC=CCNN1.Cl. The van der Waals surface area contributed by atoms with Gasteiger partial charge in [-0.2, -0.15) is 5.53 Å². The fourth-order valence-corrected chi connectivity index (χ4v) is 0.830. The van der Waals surface area contributed by atoms with Gasteiger partial charge in [0.1, 0.15) is 0 Å². The second-order valence-electron chi connectivity index (χ2n) is 2.27. The van der Waals surface area contributed by atoms with E-state index in [-0.39, 0.29) is 18.5 Å². The van der Waals surface area contributed by atoms with E-state index < -0.39 is 0 Å². The minimum absolute atomic E-state index is 0. The van der Waals surface area contributed by atoms with Crippen molar-refractivity contribution >= 4 is 18.5 Å². The van der Waals surface area contributed by atoms with Crippen molar-refractivity contribution in [2.75, 3.05) is 19.7 Å². The van der Waals surface area contributed by atoms with Crippen molar-refractivity contribution in [1.82, 2.24) is 16.0 Å². The molecule has 0 spiro atoms. The molecular weight excluding hydrogens is 194 g/mol. The number of carbonyl (C=O) groups excluding carboxylic acids is 1. The van der Waals surface area contributed by atoms with Gasteiger partial charge in [-0.15, -0.1) is 12.4 Å². The normalized spacial score (nSPS) is 15.9. The molecule has 0 saturated carbocycles. The standard InChI is InChI=1S/C7H13N3O2.ClH/c1-2-12-7(11)10-6-4-3-5-8-9-10;/h3-4,8-9H,2,5-6H2,1H3;1H. The molecule has 1 aliphatic heterocycles. The van der Waals surface area contributed by atoms with Gasteiger partial charge in [0.05, 0.1) is 13.2 Å². The van der Waals surface area contributed by atoms with E-state index in [1.807, 2.05) is 12.2 Å². The van der Waals surface area contributed by atoms with E-state index in [0.717, 1.165) is 0 Å². The molecule has 0 aromatic rings. The van der Waals surface area contributed by atoms with Gasteiger partial charge in [0, 0.05) is 6.54 Å². The second kappa shape index (κ2) is 6.71. The molecular formula is C7H14ClN3O2. The molecule has 0 fully saturated rings. The summed E-state index contributed by atoms with van der Waals surface area (Å²) in [6, 6.07) is 0. The van der Waals surface area contributed by atoms with E-state index in [4.69, 9.17) is 4.74 Å². The Morgan fingerprint density at radius 2 is 2.38 bits per heavy atom. The van der Waals surface area contributed by atoms with Gasteiger partial charge in [-0.25, -0.2) is 15.2 Å². The van der Waals surface area contributed by atoms with Crippen molar-refractivity contribution in [2.24, 2.45) is 0 Å². The number of hydrazine groups is 2. The Hall–Kier alpha value is -0.780. The molecule has 0 bridgehead atoms. The van der Waals surface area contributed by atoms with Crippen LogP contribution in [0.3, 0.4) is 0 Å². The zero-order valence-corrected chi connectivity index (χ0v) is 8.26. The van der Waals surface area contributed by atoms with Crippen LogP contribution in [-0.4, -0.2) is 30.8 Å². The van der Waals surface area contributed by atoms with Crippen LogP contribution in [0.5, 0.6) is 0 Å². The summed E-state index contributed by atoms with van der Waals surface area (Å²) in [7, 11) is 0. The third-order valence-electron chi connectivity index (χ3n) is 1.38. The summed E-state index contributed by atoms with van der Waals surface area (Å²) in [5.41, 5.74) is 5.54. The first kappa shape index (κ1) is 12.2. The summed E-state index contributed by atoms with van der Waals surface area (Å²) in [5.74, 6) is 0. The Labute approximate surface area is 83.5 Å². The number of ether oxygens (including phenoxy) is 1. The molecule has 0 atom stereocenters. The van der Waals surface area contributed by atoms with Crippen molar-refractivity contribution in [2.45, 2.75) is 6.92 Å². The predicted molar refractivity (Wildman–Crippen MR) is 51.3 cm³/mol. The first-order valence-electron chi connectivity index (χ1n) is 3.92. The summed E-state index contributed by atoms with van der Waals surface area (Å²) in [6.07, 6.45) is 3.47.